The topological polar surface area (TPSA) is 76.1 Å². The van der Waals surface area contributed by atoms with Crippen LogP contribution in [0.25, 0.3) is 10.9 Å². The number of carbonyl (C=O) groups excluding carboxylic acids is 1. The molecule has 2 aromatic carbocycles. The van der Waals surface area contributed by atoms with Gasteiger partial charge in [0, 0.05) is 29.8 Å². The van der Waals surface area contributed by atoms with Crippen molar-refractivity contribution in [3.8, 4) is 23.0 Å². The van der Waals surface area contributed by atoms with Crippen molar-refractivity contribution in [2.75, 3.05) is 27.4 Å². The molecular weight excluding hydrogens is 398 g/mol. The molecule has 0 unspecified atom stereocenters. The van der Waals surface area contributed by atoms with Crippen LogP contribution >= 0.6 is 0 Å². The fourth-order valence-electron chi connectivity index (χ4n) is 3.21. The van der Waals surface area contributed by atoms with Gasteiger partial charge in [0.2, 0.25) is 0 Å². The Bertz CT molecular complexity index is 1080. The van der Waals surface area contributed by atoms with Gasteiger partial charge < -0.3 is 23.7 Å². The Morgan fingerprint density at radius 1 is 1.03 bits per heavy atom. The maximum absolute atomic E-state index is 12.2. The monoisotopic (exact) mass is 425 g/mol. The highest BCUT2D eigenvalue weighted by Gasteiger charge is 2.18. The number of ether oxygens (including phenoxy) is 5. The number of hydrogen-bond acceptors (Lipinski definition) is 7. The van der Waals surface area contributed by atoms with Crippen LogP contribution in [0.4, 0.5) is 4.79 Å². The molecule has 0 aliphatic rings. The van der Waals surface area contributed by atoms with Gasteiger partial charge in [-0.2, -0.15) is 0 Å². The summed E-state index contributed by atoms with van der Waals surface area (Å²) >= 11 is 0. The molecule has 0 saturated heterocycles. The van der Waals surface area contributed by atoms with E-state index in [2.05, 4.69) is 0 Å². The Hall–Kier alpha value is -3.32. The van der Waals surface area contributed by atoms with Crippen LogP contribution in [0.1, 0.15) is 23.7 Å². The number of hydrogen-bond donors (Lipinski definition) is 0. The van der Waals surface area contributed by atoms with E-state index >= 15 is 0 Å². The minimum absolute atomic E-state index is 0.112. The maximum atomic E-state index is 12.2. The summed E-state index contributed by atoms with van der Waals surface area (Å²) in [7, 11) is 3.14. The molecule has 31 heavy (non-hydrogen) atoms. The predicted molar refractivity (Wildman–Crippen MR) is 118 cm³/mol. The van der Waals surface area contributed by atoms with Crippen molar-refractivity contribution < 1.29 is 28.5 Å². The van der Waals surface area contributed by atoms with Gasteiger partial charge >= 0.3 is 6.16 Å². The van der Waals surface area contributed by atoms with Crippen LogP contribution in [0.15, 0.2) is 36.4 Å². The van der Waals surface area contributed by atoms with Crippen molar-refractivity contribution in [3.05, 3.63) is 53.2 Å². The Morgan fingerprint density at radius 3 is 2.52 bits per heavy atom. The minimum Gasteiger partial charge on any atom is -0.497 e. The van der Waals surface area contributed by atoms with Crippen molar-refractivity contribution in [1.82, 2.24) is 4.98 Å². The molecule has 0 radical (unpaired) electrons. The summed E-state index contributed by atoms with van der Waals surface area (Å²) in [5, 5.41) is 0.668. The van der Waals surface area contributed by atoms with Crippen molar-refractivity contribution in [1.29, 1.82) is 0 Å². The fraction of sp³-hybridized carbons (Fsp3) is 0.333. The van der Waals surface area contributed by atoms with E-state index < -0.39 is 6.16 Å². The van der Waals surface area contributed by atoms with Crippen molar-refractivity contribution in [2.24, 2.45) is 0 Å². The highest BCUT2D eigenvalue weighted by Crippen LogP contribution is 2.37. The van der Waals surface area contributed by atoms with Gasteiger partial charge in [-0.05, 0) is 50.1 Å². The molecule has 0 spiro atoms. The number of rotatable bonds is 8. The third kappa shape index (κ3) is 5.24. The summed E-state index contributed by atoms with van der Waals surface area (Å²) in [5.41, 5.74) is 3.27. The van der Waals surface area contributed by atoms with E-state index in [1.165, 1.54) is 7.11 Å². The number of aryl methyl sites for hydroxylation is 2. The summed E-state index contributed by atoms with van der Waals surface area (Å²) in [4.78, 5) is 17.0. The molecule has 0 saturated carbocycles. The van der Waals surface area contributed by atoms with E-state index in [1.54, 1.807) is 13.2 Å². The number of carbonyl (C=O) groups is 1. The number of methoxy groups -OCH3 is 2. The quantitative estimate of drug-likeness (QED) is 0.354. The molecule has 1 aromatic heterocycles. The largest absolute Gasteiger partial charge is 0.513 e. The zero-order valence-corrected chi connectivity index (χ0v) is 18.5. The number of benzene rings is 2. The van der Waals surface area contributed by atoms with Crippen LogP contribution < -0.4 is 14.2 Å². The second-order valence-electron chi connectivity index (χ2n) is 6.98. The first-order chi connectivity index (χ1) is 15.0. The lowest BCUT2D eigenvalue weighted by Gasteiger charge is -2.16. The first kappa shape index (κ1) is 22.4. The molecule has 0 amide bonds. The van der Waals surface area contributed by atoms with Gasteiger partial charge in [0.05, 0.1) is 19.2 Å². The van der Waals surface area contributed by atoms with E-state index in [0.717, 1.165) is 22.3 Å². The predicted octanol–water partition coefficient (Wildman–Crippen LogP) is 5.38. The van der Waals surface area contributed by atoms with E-state index in [4.69, 9.17) is 28.7 Å². The number of fused-ring (bicyclic) bond motifs is 1. The average Bonchev–Trinajstić information content (AvgIpc) is 2.77. The molecule has 164 valence electrons. The van der Waals surface area contributed by atoms with E-state index in [0.29, 0.717) is 41.4 Å². The number of pyridine rings is 1. The molecule has 3 rings (SSSR count). The van der Waals surface area contributed by atoms with Crippen molar-refractivity contribution in [2.45, 2.75) is 27.2 Å². The zero-order valence-electron chi connectivity index (χ0n) is 18.5. The van der Waals surface area contributed by atoms with Crippen LogP contribution in [0.3, 0.4) is 0 Å². The first-order valence-electron chi connectivity index (χ1n) is 10.1. The van der Waals surface area contributed by atoms with Crippen LogP contribution in [0.2, 0.25) is 0 Å². The second-order valence-corrected chi connectivity index (χ2v) is 6.98. The molecule has 0 N–H and O–H groups in total. The molecule has 7 heteroatoms. The summed E-state index contributed by atoms with van der Waals surface area (Å²) in [5.74, 6) is 2.38. The van der Waals surface area contributed by atoms with Gasteiger partial charge in [-0.3, -0.25) is 4.98 Å². The molecule has 1 heterocycles. The van der Waals surface area contributed by atoms with Crippen LogP contribution in [-0.4, -0.2) is 38.6 Å². The molecule has 0 fully saturated rings. The van der Waals surface area contributed by atoms with Crippen LogP contribution in [0.5, 0.6) is 23.0 Å². The lowest BCUT2D eigenvalue weighted by Crippen LogP contribution is -2.15. The molecular formula is C24H27NO6. The smallest absolute Gasteiger partial charge is 0.497 e. The van der Waals surface area contributed by atoms with Crippen molar-refractivity contribution >= 4 is 17.1 Å². The molecule has 0 aliphatic carbocycles. The van der Waals surface area contributed by atoms with Crippen LogP contribution in [0, 0.1) is 13.8 Å². The van der Waals surface area contributed by atoms with Crippen molar-refractivity contribution in [3.63, 3.8) is 0 Å². The van der Waals surface area contributed by atoms with Gasteiger partial charge in [0.1, 0.15) is 29.6 Å². The summed E-state index contributed by atoms with van der Waals surface area (Å²) in [6, 6.07) is 11.1. The first-order valence-corrected chi connectivity index (χ1v) is 10.1. The minimum atomic E-state index is -0.787. The Morgan fingerprint density at radius 2 is 1.81 bits per heavy atom. The van der Waals surface area contributed by atoms with Gasteiger partial charge in [-0.1, -0.05) is 13.0 Å². The van der Waals surface area contributed by atoms with Gasteiger partial charge in [0.15, 0.2) is 0 Å². The average molecular weight is 425 g/mol. The Kier molecular flexibility index (Phi) is 7.31. The van der Waals surface area contributed by atoms with Gasteiger partial charge in [-0.25, -0.2) is 4.79 Å². The zero-order chi connectivity index (χ0) is 22.4. The fourth-order valence-corrected chi connectivity index (χ4v) is 3.21. The number of aromatic nitrogens is 1. The molecule has 7 nitrogen and oxygen atoms in total. The lowest BCUT2D eigenvalue weighted by atomic mass is 10.0. The summed E-state index contributed by atoms with van der Waals surface area (Å²) in [6.45, 7) is 6.24. The second kappa shape index (κ2) is 10.1. The lowest BCUT2D eigenvalue weighted by molar-refractivity contribution is 0.0687. The molecule has 0 bridgehead atoms. The highest BCUT2D eigenvalue weighted by molar-refractivity contribution is 5.90. The summed E-state index contributed by atoms with van der Waals surface area (Å²) < 4.78 is 27.0. The standard InChI is InChI=1S/C24H27NO6/c1-6-20-16(3)23(31-24(26)29-11-10-27-4)19-14-22(15(2)12-21(19)25-20)30-18-9-7-8-17(13-18)28-5/h7-9,12-14H,6,10-11H2,1-5H3. The van der Waals surface area contributed by atoms with E-state index in [-0.39, 0.29) is 6.61 Å². The third-order valence-electron chi connectivity index (χ3n) is 4.86. The van der Waals surface area contributed by atoms with E-state index in [1.807, 2.05) is 51.1 Å². The normalized spacial score (nSPS) is 10.7. The Labute approximate surface area is 181 Å². The van der Waals surface area contributed by atoms with E-state index in [9.17, 15) is 4.79 Å². The third-order valence-corrected chi connectivity index (χ3v) is 4.86. The molecule has 3 aromatic rings. The summed E-state index contributed by atoms with van der Waals surface area (Å²) in [6.07, 6.45) is -0.0802. The van der Waals surface area contributed by atoms with Gasteiger partial charge in [0.25, 0.3) is 0 Å². The van der Waals surface area contributed by atoms with Crippen LogP contribution in [-0.2, 0) is 15.9 Å². The molecule has 0 aliphatic heterocycles. The Balaban J connectivity index is 2.02. The maximum Gasteiger partial charge on any atom is 0.513 e. The number of nitrogens with zero attached hydrogens (tertiary/aromatic N) is 1. The molecule has 0 atom stereocenters. The highest BCUT2D eigenvalue weighted by atomic mass is 16.7. The SMILES string of the molecule is CCc1nc2cc(C)c(Oc3cccc(OC)c3)cc2c(OC(=O)OCCOC)c1C. The van der Waals surface area contributed by atoms with Gasteiger partial charge in [-0.15, -0.1) is 0 Å².